The second-order valence-electron chi connectivity index (χ2n) is 5.62. The van der Waals surface area contributed by atoms with Crippen LogP contribution in [0.3, 0.4) is 0 Å². The van der Waals surface area contributed by atoms with E-state index < -0.39 is 10.8 Å². The third-order valence-electron chi connectivity index (χ3n) is 3.80. The Morgan fingerprint density at radius 2 is 1.41 bits per heavy atom. The number of carbonyl (C=O) groups excluding carboxylic acids is 1. The molecule has 7 nitrogen and oxygen atoms in total. The summed E-state index contributed by atoms with van der Waals surface area (Å²) in [6.45, 7) is 0. The van der Waals surface area contributed by atoms with Crippen LogP contribution < -0.4 is 5.43 Å². The van der Waals surface area contributed by atoms with Crippen LogP contribution in [-0.2, 0) is 0 Å². The van der Waals surface area contributed by atoms with Crippen molar-refractivity contribution in [2.24, 2.45) is 5.10 Å². The van der Waals surface area contributed by atoms with Crippen molar-refractivity contribution in [2.75, 3.05) is 0 Å². The molecule has 0 saturated carbocycles. The standard InChI is InChI=1S/C20H15N3O4/c24-18-12-8-15(9-13-18)19(14-4-2-1-3-5-14)21-22-20(25)16-6-10-17(11-7-16)23(26)27/h1-13,24H,(H,22,25)/b21-19+. The van der Waals surface area contributed by atoms with Crippen LogP contribution >= 0.6 is 0 Å². The van der Waals surface area contributed by atoms with Gasteiger partial charge >= 0.3 is 0 Å². The molecule has 0 saturated heterocycles. The molecule has 0 fully saturated rings. The normalized spacial score (nSPS) is 11.0. The van der Waals surface area contributed by atoms with Gasteiger partial charge in [0.2, 0.25) is 0 Å². The van der Waals surface area contributed by atoms with Gasteiger partial charge in [0.15, 0.2) is 0 Å². The van der Waals surface area contributed by atoms with Gasteiger partial charge in [-0.15, -0.1) is 0 Å². The van der Waals surface area contributed by atoms with Gasteiger partial charge in [0.1, 0.15) is 5.75 Å². The second-order valence-corrected chi connectivity index (χ2v) is 5.62. The quantitative estimate of drug-likeness (QED) is 0.412. The number of carbonyl (C=O) groups is 1. The van der Waals surface area contributed by atoms with E-state index >= 15 is 0 Å². The van der Waals surface area contributed by atoms with E-state index in [2.05, 4.69) is 10.5 Å². The Kier molecular flexibility index (Phi) is 5.22. The minimum Gasteiger partial charge on any atom is -0.508 e. The van der Waals surface area contributed by atoms with Crippen LogP contribution in [0.2, 0.25) is 0 Å². The monoisotopic (exact) mass is 361 g/mol. The van der Waals surface area contributed by atoms with Crippen molar-refractivity contribution in [2.45, 2.75) is 0 Å². The fraction of sp³-hybridized carbons (Fsp3) is 0. The van der Waals surface area contributed by atoms with E-state index in [1.165, 1.54) is 36.4 Å². The Hall–Kier alpha value is -4.00. The average molecular weight is 361 g/mol. The summed E-state index contributed by atoms with van der Waals surface area (Å²) in [6, 6.07) is 21.0. The number of hydrogen-bond donors (Lipinski definition) is 2. The lowest BCUT2D eigenvalue weighted by atomic mass is 10.0. The van der Waals surface area contributed by atoms with Crippen molar-refractivity contribution >= 4 is 17.3 Å². The summed E-state index contributed by atoms with van der Waals surface area (Å²) in [5.41, 5.74) is 4.65. The number of nitrogens with zero attached hydrogens (tertiary/aromatic N) is 2. The van der Waals surface area contributed by atoms with Crippen molar-refractivity contribution in [1.82, 2.24) is 5.43 Å². The molecule has 0 aliphatic rings. The molecule has 3 aromatic carbocycles. The third-order valence-corrected chi connectivity index (χ3v) is 3.80. The summed E-state index contributed by atoms with van der Waals surface area (Å²) >= 11 is 0. The number of nitrogens with one attached hydrogen (secondary N) is 1. The molecule has 0 aliphatic carbocycles. The van der Waals surface area contributed by atoms with Crippen LogP contribution in [0.25, 0.3) is 0 Å². The predicted molar refractivity (Wildman–Crippen MR) is 101 cm³/mol. The molecule has 3 aromatic rings. The molecule has 27 heavy (non-hydrogen) atoms. The van der Waals surface area contributed by atoms with E-state index in [0.29, 0.717) is 11.3 Å². The molecule has 0 heterocycles. The summed E-state index contributed by atoms with van der Waals surface area (Å²) in [4.78, 5) is 22.5. The van der Waals surface area contributed by atoms with Crippen LogP contribution in [0.15, 0.2) is 84.0 Å². The van der Waals surface area contributed by atoms with Crippen LogP contribution in [0.1, 0.15) is 21.5 Å². The van der Waals surface area contributed by atoms with Crippen molar-refractivity contribution in [3.63, 3.8) is 0 Å². The number of rotatable bonds is 5. The van der Waals surface area contributed by atoms with E-state index in [-0.39, 0.29) is 17.0 Å². The lowest BCUT2D eigenvalue weighted by Crippen LogP contribution is -2.20. The summed E-state index contributed by atoms with van der Waals surface area (Å²) < 4.78 is 0. The summed E-state index contributed by atoms with van der Waals surface area (Å²) in [5.74, 6) is -0.363. The molecular formula is C20H15N3O4. The van der Waals surface area contributed by atoms with Crippen LogP contribution in [-0.4, -0.2) is 21.6 Å². The van der Waals surface area contributed by atoms with Crippen LogP contribution in [0, 0.1) is 10.1 Å². The van der Waals surface area contributed by atoms with Crippen LogP contribution in [0.4, 0.5) is 5.69 Å². The van der Waals surface area contributed by atoms with E-state index in [4.69, 9.17) is 0 Å². The van der Waals surface area contributed by atoms with E-state index in [9.17, 15) is 20.0 Å². The number of hydrazone groups is 1. The second kappa shape index (κ2) is 7.92. The Balaban J connectivity index is 1.88. The van der Waals surface area contributed by atoms with E-state index in [0.717, 1.165) is 5.56 Å². The molecule has 0 spiro atoms. The first-order valence-corrected chi connectivity index (χ1v) is 8.02. The Labute approximate surface area is 154 Å². The summed E-state index contributed by atoms with van der Waals surface area (Å²) in [7, 11) is 0. The first-order valence-electron chi connectivity index (χ1n) is 8.02. The lowest BCUT2D eigenvalue weighted by Gasteiger charge is -2.08. The molecule has 134 valence electrons. The molecule has 2 N–H and O–H groups in total. The number of non-ortho nitro benzene ring substituents is 1. The van der Waals surface area contributed by atoms with Gasteiger partial charge in [0.05, 0.1) is 10.6 Å². The highest BCUT2D eigenvalue weighted by atomic mass is 16.6. The largest absolute Gasteiger partial charge is 0.508 e. The highest BCUT2D eigenvalue weighted by Crippen LogP contribution is 2.15. The molecule has 0 bridgehead atoms. The smallest absolute Gasteiger partial charge is 0.271 e. The first-order chi connectivity index (χ1) is 13.0. The zero-order valence-electron chi connectivity index (χ0n) is 14.1. The average Bonchev–Trinajstić information content (AvgIpc) is 2.70. The number of phenols is 1. The molecule has 0 radical (unpaired) electrons. The Morgan fingerprint density at radius 3 is 2.00 bits per heavy atom. The minimum absolute atomic E-state index is 0.0934. The van der Waals surface area contributed by atoms with Crippen molar-refractivity contribution in [1.29, 1.82) is 0 Å². The van der Waals surface area contributed by atoms with Crippen LogP contribution in [0.5, 0.6) is 5.75 Å². The SMILES string of the molecule is O=C(N/N=C(\c1ccccc1)c1ccc(O)cc1)c1ccc([N+](=O)[O-])cc1. The van der Waals surface area contributed by atoms with Crippen molar-refractivity contribution in [3.8, 4) is 5.75 Å². The number of amides is 1. The topological polar surface area (TPSA) is 105 Å². The van der Waals surface area contributed by atoms with Gasteiger partial charge in [-0.25, -0.2) is 5.43 Å². The summed E-state index contributed by atoms with van der Waals surface area (Å²) in [5, 5.41) is 24.4. The van der Waals surface area contributed by atoms with Gasteiger partial charge in [0, 0.05) is 28.8 Å². The maximum absolute atomic E-state index is 12.3. The fourth-order valence-corrected chi connectivity index (χ4v) is 2.42. The maximum atomic E-state index is 12.3. The van der Waals surface area contributed by atoms with Gasteiger partial charge in [-0.2, -0.15) is 5.10 Å². The lowest BCUT2D eigenvalue weighted by molar-refractivity contribution is -0.384. The van der Waals surface area contributed by atoms with Gasteiger partial charge in [-0.3, -0.25) is 14.9 Å². The fourth-order valence-electron chi connectivity index (χ4n) is 2.42. The zero-order chi connectivity index (χ0) is 19.2. The number of benzene rings is 3. The van der Waals surface area contributed by atoms with E-state index in [1.807, 2.05) is 30.3 Å². The Morgan fingerprint density at radius 1 is 0.852 bits per heavy atom. The van der Waals surface area contributed by atoms with Gasteiger partial charge in [0.25, 0.3) is 11.6 Å². The predicted octanol–water partition coefficient (Wildman–Crippen LogP) is 3.48. The van der Waals surface area contributed by atoms with Gasteiger partial charge < -0.3 is 5.11 Å². The third kappa shape index (κ3) is 4.35. The molecule has 0 atom stereocenters. The molecule has 7 heteroatoms. The van der Waals surface area contributed by atoms with Gasteiger partial charge in [-0.1, -0.05) is 30.3 Å². The molecule has 1 amide bonds. The number of phenolic OH excluding ortho intramolecular Hbond substituents is 1. The van der Waals surface area contributed by atoms with Crippen molar-refractivity contribution in [3.05, 3.63) is 106 Å². The van der Waals surface area contributed by atoms with Crippen molar-refractivity contribution < 1.29 is 14.8 Å². The van der Waals surface area contributed by atoms with Gasteiger partial charge in [-0.05, 0) is 36.4 Å². The zero-order valence-corrected chi connectivity index (χ0v) is 14.1. The minimum atomic E-state index is -0.530. The van der Waals surface area contributed by atoms with E-state index in [1.54, 1.807) is 12.1 Å². The number of hydrogen-bond acceptors (Lipinski definition) is 5. The highest BCUT2D eigenvalue weighted by molar-refractivity contribution is 6.13. The Bertz CT molecular complexity index is 982. The molecular weight excluding hydrogens is 346 g/mol. The molecule has 0 aromatic heterocycles. The number of nitro benzene ring substituents is 1. The maximum Gasteiger partial charge on any atom is 0.271 e. The molecule has 0 unspecified atom stereocenters. The molecule has 3 rings (SSSR count). The summed E-state index contributed by atoms with van der Waals surface area (Å²) in [6.07, 6.45) is 0. The number of nitro groups is 1. The number of aromatic hydroxyl groups is 1. The molecule has 0 aliphatic heterocycles. The first kappa shape index (κ1) is 17.8. The highest BCUT2D eigenvalue weighted by Gasteiger charge is 2.11.